The number of rotatable bonds is 3. The summed E-state index contributed by atoms with van der Waals surface area (Å²) in [4.78, 5) is 29.1. The second-order valence-corrected chi connectivity index (χ2v) is 6.80. The van der Waals surface area contributed by atoms with Crippen LogP contribution in [0.5, 0.6) is 0 Å². The zero-order valence-corrected chi connectivity index (χ0v) is 13.5. The van der Waals surface area contributed by atoms with E-state index in [1.807, 2.05) is 0 Å². The minimum Gasteiger partial charge on any atom is -0.341 e. The van der Waals surface area contributed by atoms with Crippen molar-refractivity contribution in [1.82, 2.24) is 20.0 Å². The molecule has 2 amide bonds. The maximum atomic E-state index is 12.6. The van der Waals surface area contributed by atoms with Crippen LogP contribution < -0.4 is 5.32 Å². The average Bonchev–Trinajstić information content (AvgIpc) is 3.14. The number of hydrogen-bond acceptors (Lipinski definition) is 4. The first-order valence-electron chi connectivity index (χ1n) is 8.41. The molecule has 3 saturated heterocycles. The Hall–Kier alpha value is -1.35. The van der Waals surface area contributed by atoms with Crippen LogP contribution in [0.4, 0.5) is 13.2 Å². The van der Waals surface area contributed by atoms with Crippen LogP contribution >= 0.6 is 0 Å². The Bertz CT molecular complexity index is 494. The molecule has 0 bridgehead atoms. The van der Waals surface area contributed by atoms with Gasteiger partial charge in [0.15, 0.2) is 0 Å². The first-order valence-corrected chi connectivity index (χ1v) is 8.41. The molecule has 3 aliphatic heterocycles. The molecule has 0 saturated carbocycles. The first kappa shape index (κ1) is 17.5. The predicted octanol–water partition coefficient (Wildman–Crippen LogP) is -0.0967. The summed E-state index contributed by atoms with van der Waals surface area (Å²) in [6.07, 6.45) is -3.64. The molecule has 1 N–H and O–H groups in total. The highest BCUT2D eigenvalue weighted by Crippen LogP contribution is 2.27. The molecule has 3 rings (SSSR count). The van der Waals surface area contributed by atoms with Gasteiger partial charge in [-0.15, -0.1) is 0 Å². The predicted molar refractivity (Wildman–Crippen MR) is 80.2 cm³/mol. The lowest BCUT2D eigenvalue weighted by Gasteiger charge is -2.32. The summed E-state index contributed by atoms with van der Waals surface area (Å²) < 4.78 is 37.4. The van der Waals surface area contributed by atoms with Gasteiger partial charge in [0.1, 0.15) is 6.54 Å². The number of carbonyl (C=O) groups excluding carboxylic acids is 2. The van der Waals surface area contributed by atoms with E-state index in [0.29, 0.717) is 19.1 Å². The average molecular weight is 348 g/mol. The quantitative estimate of drug-likeness (QED) is 0.774. The lowest BCUT2D eigenvalue weighted by molar-refractivity contribution is -0.157. The third-order valence-corrected chi connectivity index (χ3v) is 5.08. The Morgan fingerprint density at radius 3 is 2.54 bits per heavy atom. The molecule has 2 atom stereocenters. The van der Waals surface area contributed by atoms with Gasteiger partial charge in [-0.25, -0.2) is 0 Å². The number of alkyl halides is 3. The van der Waals surface area contributed by atoms with Crippen molar-refractivity contribution in [2.45, 2.75) is 25.1 Å². The number of amides is 2. The number of halogens is 3. The van der Waals surface area contributed by atoms with Gasteiger partial charge in [0.2, 0.25) is 11.8 Å². The van der Waals surface area contributed by atoms with Gasteiger partial charge < -0.3 is 15.1 Å². The molecule has 2 unspecified atom stereocenters. The van der Waals surface area contributed by atoms with E-state index < -0.39 is 24.5 Å². The summed E-state index contributed by atoms with van der Waals surface area (Å²) in [5.41, 5.74) is 0. The smallest absolute Gasteiger partial charge is 0.341 e. The third kappa shape index (κ3) is 4.00. The number of likely N-dealkylation sites (tertiary alicyclic amines) is 2. The molecule has 0 aromatic rings. The summed E-state index contributed by atoms with van der Waals surface area (Å²) in [5.74, 6) is -1.39. The van der Waals surface area contributed by atoms with Crippen molar-refractivity contribution in [3.05, 3.63) is 0 Å². The molecule has 9 heteroatoms. The van der Waals surface area contributed by atoms with Crippen LogP contribution in [0.2, 0.25) is 0 Å². The summed E-state index contributed by atoms with van der Waals surface area (Å²) >= 11 is 0. The minimum absolute atomic E-state index is 0.107. The van der Waals surface area contributed by atoms with E-state index in [9.17, 15) is 22.8 Å². The van der Waals surface area contributed by atoms with Gasteiger partial charge in [0.25, 0.3) is 0 Å². The van der Waals surface area contributed by atoms with Gasteiger partial charge in [-0.2, -0.15) is 13.2 Å². The second-order valence-electron chi connectivity index (χ2n) is 6.80. The van der Waals surface area contributed by atoms with Crippen molar-refractivity contribution in [3.63, 3.8) is 0 Å². The molecular weight excluding hydrogens is 325 g/mol. The van der Waals surface area contributed by atoms with Crippen LogP contribution in [0.15, 0.2) is 0 Å². The fourth-order valence-electron chi connectivity index (χ4n) is 3.85. The van der Waals surface area contributed by atoms with E-state index in [2.05, 4.69) is 10.2 Å². The van der Waals surface area contributed by atoms with Crippen molar-refractivity contribution in [2.75, 3.05) is 52.4 Å². The Morgan fingerprint density at radius 1 is 1.17 bits per heavy atom. The Labute approximate surface area is 138 Å². The van der Waals surface area contributed by atoms with Crippen molar-refractivity contribution in [1.29, 1.82) is 0 Å². The van der Waals surface area contributed by atoms with Crippen LogP contribution in [0.3, 0.4) is 0 Å². The summed E-state index contributed by atoms with van der Waals surface area (Å²) in [6.45, 7) is 3.63. The zero-order valence-electron chi connectivity index (χ0n) is 13.5. The van der Waals surface area contributed by atoms with E-state index in [0.717, 1.165) is 37.5 Å². The van der Waals surface area contributed by atoms with Gasteiger partial charge in [-0.3, -0.25) is 14.5 Å². The van der Waals surface area contributed by atoms with Crippen molar-refractivity contribution in [3.8, 4) is 0 Å². The van der Waals surface area contributed by atoms with E-state index >= 15 is 0 Å². The van der Waals surface area contributed by atoms with Crippen LogP contribution in [0.25, 0.3) is 0 Å². The normalized spacial score (nSPS) is 29.5. The summed E-state index contributed by atoms with van der Waals surface area (Å²) in [6, 6.07) is 0.319. The van der Waals surface area contributed by atoms with Crippen LogP contribution in [0.1, 0.15) is 12.8 Å². The minimum atomic E-state index is -4.42. The number of nitrogens with one attached hydrogen (secondary N) is 1. The topological polar surface area (TPSA) is 55.9 Å². The van der Waals surface area contributed by atoms with Crippen LogP contribution in [-0.2, 0) is 9.59 Å². The highest BCUT2D eigenvalue weighted by Gasteiger charge is 2.43. The fourth-order valence-corrected chi connectivity index (χ4v) is 3.85. The molecule has 3 heterocycles. The molecule has 3 fully saturated rings. The molecule has 0 aliphatic carbocycles. The lowest BCUT2D eigenvalue weighted by Crippen LogP contribution is -2.49. The Morgan fingerprint density at radius 2 is 1.88 bits per heavy atom. The largest absolute Gasteiger partial charge is 0.406 e. The van der Waals surface area contributed by atoms with Crippen molar-refractivity contribution >= 4 is 11.8 Å². The number of carbonyl (C=O) groups is 2. The molecule has 0 aromatic heterocycles. The molecule has 0 radical (unpaired) electrons. The highest BCUT2D eigenvalue weighted by atomic mass is 19.4. The van der Waals surface area contributed by atoms with Gasteiger partial charge in [0.05, 0.1) is 5.92 Å². The van der Waals surface area contributed by atoms with Gasteiger partial charge >= 0.3 is 6.18 Å². The Kier molecular flexibility index (Phi) is 5.00. The van der Waals surface area contributed by atoms with Crippen molar-refractivity contribution < 1.29 is 22.8 Å². The molecule has 136 valence electrons. The van der Waals surface area contributed by atoms with Gasteiger partial charge in [-0.05, 0) is 6.42 Å². The van der Waals surface area contributed by atoms with E-state index in [4.69, 9.17) is 0 Å². The molecule has 0 spiro atoms. The number of hydrogen-bond donors (Lipinski definition) is 1. The fraction of sp³-hybridized carbons (Fsp3) is 0.867. The molecule has 0 aromatic carbocycles. The first-order chi connectivity index (χ1) is 11.3. The summed E-state index contributed by atoms with van der Waals surface area (Å²) in [5, 5.41) is 3.29. The third-order valence-electron chi connectivity index (χ3n) is 5.08. The highest BCUT2D eigenvalue weighted by molar-refractivity contribution is 5.89. The summed E-state index contributed by atoms with van der Waals surface area (Å²) in [7, 11) is 0. The zero-order chi connectivity index (χ0) is 17.3. The Balaban J connectivity index is 1.53. The standard InChI is InChI=1S/C15H23F3N4O2/c16-15(17,18)10-22-8-11(7-13(22)23)14(24)21-4-1-12(9-21)20-5-2-19-3-6-20/h11-12,19H,1-10H2. The SMILES string of the molecule is O=C1CC(C(=O)N2CCC(N3CCNCC3)C2)CN1CC(F)(F)F. The van der Waals surface area contributed by atoms with Crippen molar-refractivity contribution in [2.24, 2.45) is 5.92 Å². The van der Waals surface area contributed by atoms with Gasteiger partial charge in [0, 0.05) is 58.3 Å². The molecular formula is C15H23F3N4O2. The number of nitrogens with zero attached hydrogens (tertiary/aromatic N) is 3. The number of piperazine rings is 1. The monoisotopic (exact) mass is 348 g/mol. The van der Waals surface area contributed by atoms with E-state index in [1.54, 1.807) is 4.90 Å². The van der Waals surface area contributed by atoms with E-state index in [-0.39, 0.29) is 18.9 Å². The van der Waals surface area contributed by atoms with Crippen LogP contribution in [0, 0.1) is 5.92 Å². The van der Waals surface area contributed by atoms with Crippen LogP contribution in [-0.4, -0.2) is 91.1 Å². The maximum absolute atomic E-state index is 12.6. The lowest BCUT2D eigenvalue weighted by atomic mass is 10.1. The molecule has 6 nitrogen and oxygen atoms in total. The maximum Gasteiger partial charge on any atom is 0.406 e. The van der Waals surface area contributed by atoms with Gasteiger partial charge in [-0.1, -0.05) is 0 Å². The molecule has 3 aliphatic rings. The molecule has 24 heavy (non-hydrogen) atoms. The second kappa shape index (κ2) is 6.87. The van der Waals surface area contributed by atoms with E-state index in [1.165, 1.54) is 0 Å².